The van der Waals surface area contributed by atoms with Gasteiger partial charge in [-0.3, -0.25) is 9.78 Å². The molecule has 0 aliphatic carbocycles. The Hall–Kier alpha value is -2.50. The Morgan fingerprint density at radius 2 is 1.94 bits per heavy atom. The Bertz CT molecular complexity index is 488. The molecule has 6 heteroatoms. The van der Waals surface area contributed by atoms with E-state index in [1.54, 1.807) is 36.8 Å². The van der Waals surface area contributed by atoms with E-state index in [0.717, 1.165) is 0 Å². The number of hydrogen-bond donors (Lipinski definition) is 2. The van der Waals surface area contributed by atoms with E-state index >= 15 is 0 Å². The number of hydrogen-bond acceptors (Lipinski definition) is 5. The fourth-order valence-electron chi connectivity index (χ4n) is 1.34. The number of rotatable bonds is 5. The number of aromatic nitrogens is 3. The topological polar surface area (TPSA) is 79.8 Å². The van der Waals surface area contributed by atoms with Crippen molar-refractivity contribution in [3.05, 3.63) is 48.5 Å². The molecule has 0 aliphatic rings. The van der Waals surface area contributed by atoms with E-state index in [0.29, 0.717) is 24.6 Å². The van der Waals surface area contributed by atoms with Crippen LogP contribution in [0.5, 0.6) is 0 Å². The van der Waals surface area contributed by atoms with Gasteiger partial charge in [-0.15, -0.1) is 0 Å². The highest BCUT2D eigenvalue weighted by atomic mass is 16.1. The maximum absolute atomic E-state index is 11.6. The highest BCUT2D eigenvalue weighted by Crippen LogP contribution is 1.95. The van der Waals surface area contributed by atoms with Crippen molar-refractivity contribution in [2.24, 2.45) is 0 Å². The molecule has 0 aliphatic heterocycles. The van der Waals surface area contributed by atoms with Gasteiger partial charge < -0.3 is 10.6 Å². The standard InChI is InChI=1S/C12H13N5O/c18-11(10-3-1-4-13-9-10)14-7-8-17-12-15-5-2-6-16-12/h1-6,9H,7-8H2,(H,14,18)(H,15,16,17). The predicted octanol–water partition coefficient (Wildman–Crippen LogP) is 0.713. The van der Waals surface area contributed by atoms with Gasteiger partial charge in [0.25, 0.3) is 5.91 Å². The molecule has 1 amide bonds. The second-order valence-electron chi connectivity index (χ2n) is 3.50. The van der Waals surface area contributed by atoms with E-state index in [-0.39, 0.29) is 5.91 Å². The van der Waals surface area contributed by atoms with Crippen LogP contribution in [0.4, 0.5) is 5.95 Å². The molecule has 0 saturated heterocycles. The highest BCUT2D eigenvalue weighted by Gasteiger charge is 2.03. The molecule has 2 N–H and O–H groups in total. The van der Waals surface area contributed by atoms with Crippen LogP contribution in [0.1, 0.15) is 10.4 Å². The summed E-state index contributed by atoms with van der Waals surface area (Å²) < 4.78 is 0. The average molecular weight is 243 g/mol. The fraction of sp³-hybridized carbons (Fsp3) is 0.167. The van der Waals surface area contributed by atoms with Crippen molar-refractivity contribution in [1.29, 1.82) is 0 Å². The van der Waals surface area contributed by atoms with Crippen LogP contribution >= 0.6 is 0 Å². The monoisotopic (exact) mass is 243 g/mol. The Morgan fingerprint density at radius 1 is 1.11 bits per heavy atom. The molecule has 2 heterocycles. The molecule has 92 valence electrons. The maximum atomic E-state index is 11.6. The van der Waals surface area contributed by atoms with Crippen molar-refractivity contribution in [3.63, 3.8) is 0 Å². The number of nitrogens with one attached hydrogen (secondary N) is 2. The van der Waals surface area contributed by atoms with Crippen LogP contribution in [0.2, 0.25) is 0 Å². The summed E-state index contributed by atoms with van der Waals surface area (Å²) in [6, 6.07) is 5.19. The lowest BCUT2D eigenvalue weighted by Gasteiger charge is -2.06. The summed E-state index contributed by atoms with van der Waals surface area (Å²) in [5.74, 6) is 0.409. The van der Waals surface area contributed by atoms with E-state index in [4.69, 9.17) is 0 Å². The Morgan fingerprint density at radius 3 is 2.67 bits per heavy atom. The molecule has 0 fully saturated rings. The van der Waals surface area contributed by atoms with Crippen molar-refractivity contribution in [1.82, 2.24) is 20.3 Å². The first-order valence-corrected chi connectivity index (χ1v) is 5.55. The van der Waals surface area contributed by atoms with Gasteiger partial charge in [-0.25, -0.2) is 9.97 Å². The molecule has 0 saturated carbocycles. The van der Waals surface area contributed by atoms with Gasteiger partial charge in [0, 0.05) is 37.9 Å². The molecule has 0 spiro atoms. The van der Waals surface area contributed by atoms with Crippen LogP contribution in [-0.4, -0.2) is 33.9 Å². The molecule has 0 aromatic carbocycles. The number of carbonyl (C=O) groups excluding carboxylic acids is 1. The van der Waals surface area contributed by atoms with Crippen molar-refractivity contribution in [2.75, 3.05) is 18.4 Å². The third-order valence-electron chi connectivity index (χ3n) is 2.18. The summed E-state index contributed by atoms with van der Waals surface area (Å²) in [6.07, 6.45) is 6.47. The Balaban J connectivity index is 1.72. The van der Waals surface area contributed by atoms with E-state index < -0.39 is 0 Å². The van der Waals surface area contributed by atoms with E-state index in [1.807, 2.05) is 0 Å². The van der Waals surface area contributed by atoms with E-state index in [2.05, 4.69) is 25.6 Å². The molecule has 6 nitrogen and oxygen atoms in total. The van der Waals surface area contributed by atoms with E-state index in [9.17, 15) is 4.79 Å². The van der Waals surface area contributed by atoms with Gasteiger partial charge in [0.1, 0.15) is 0 Å². The summed E-state index contributed by atoms with van der Waals surface area (Å²) in [5, 5.41) is 5.77. The SMILES string of the molecule is O=C(NCCNc1ncccn1)c1cccnc1. The maximum Gasteiger partial charge on any atom is 0.252 e. The van der Waals surface area contributed by atoms with Gasteiger partial charge in [-0.05, 0) is 18.2 Å². The number of nitrogens with zero attached hydrogens (tertiary/aromatic N) is 3. The molecule has 2 rings (SSSR count). The van der Waals surface area contributed by atoms with Gasteiger partial charge in [0.05, 0.1) is 5.56 Å². The third kappa shape index (κ3) is 3.51. The number of carbonyl (C=O) groups is 1. The van der Waals surface area contributed by atoms with Crippen LogP contribution in [0, 0.1) is 0 Å². The van der Waals surface area contributed by atoms with Crippen molar-refractivity contribution in [3.8, 4) is 0 Å². The number of pyridine rings is 1. The largest absolute Gasteiger partial charge is 0.352 e. The van der Waals surface area contributed by atoms with Crippen LogP contribution < -0.4 is 10.6 Å². The van der Waals surface area contributed by atoms with Crippen LogP contribution in [0.3, 0.4) is 0 Å². The lowest BCUT2D eigenvalue weighted by molar-refractivity contribution is 0.0955. The lowest BCUT2D eigenvalue weighted by atomic mass is 10.3. The Labute approximate surface area is 105 Å². The zero-order valence-electron chi connectivity index (χ0n) is 9.71. The highest BCUT2D eigenvalue weighted by molar-refractivity contribution is 5.93. The molecule has 2 aromatic rings. The number of amides is 1. The summed E-state index contributed by atoms with van der Waals surface area (Å²) in [5.41, 5.74) is 0.550. The summed E-state index contributed by atoms with van der Waals surface area (Å²) in [4.78, 5) is 23.5. The van der Waals surface area contributed by atoms with Crippen LogP contribution in [0.25, 0.3) is 0 Å². The second kappa shape index (κ2) is 6.29. The Kier molecular flexibility index (Phi) is 4.18. The normalized spacial score (nSPS) is 9.78. The van der Waals surface area contributed by atoms with Gasteiger partial charge >= 0.3 is 0 Å². The quantitative estimate of drug-likeness (QED) is 0.756. The lowest BCUT2D eigenvalue weighted by Crippen LogP contribution is -2.29. The van der Waals surface area contributed by atoms with Gasteiger partial charge in [-0.2, -0.15) is 0 Å². The average Bonchev–Trinajstić information content (AvgIpc) is 2.45. The number of anilines is 1. The van der Waals surface area contributed by atoms with Gasteiger partial charge in [0.15, 0.2) is 0 Å². The molecule has 0 unspecified atom stereocenters. The van der Waals surface area contributed by atoms with E-state index in [1.165, 1.54) is 6.20 Å². The minimum atomic E-state index is -0.140. The summed E-state index contributed by atoms with van der Waals surface area (Å²) in [7, 11) is 0. The third-order valence-corrected chi connectivity index (χ3v) is 2.18. The summed E-state index contributed by atoms with van der Waals surface area (Å²) >= 11 is 0. The van der Waals surface area contributed by atoms with Crippen LogP contribution in [0.15, 0.2) is 43.0 Å². The smallest absolute Gasteiger partial charge is 0.252 e. The molecule has 0 atom stereocenters. The molecular formula is C12H13N5O. The minimum Gasteiger partial charge on any atom is -0.352 e. The van der Waals surface area contributed by atoms with Crippen molar-refractivity contribution < 1.29 is 4.79 Å². The first kappa shape index (κ1) is 12.0. The van der Waals surface area contributed by atoms with Gasteiger partial charge in [0.2, 0.25) is 5.95 Å². The molecule has 18 heavy (non-hydrogen) atoms. The molecule has 2 aromatic heterocycles. The molecular weight excluding hydrogens is 230 g/mol. The van der Waals surface area contributed by atoms with Gasteiger partial charge in [-0.1, -0.05) is 0 Å². The van der Waals surface area contributed by atoms with Crippen molar-refractivity contribution >= 4 is 11.9 Å². The van der Waals surface area contributed by atoms with Crippen LogP contribution in [-0.2, 0) is 0 Å². The zero-order valence-corrected chi connectivity index (χ0v) is 9.71. The molecule has 0 radical (unpaired) electrons. The fourth-order valence-corrected chi connectivity index (χ4v) is 1.34. The minimum absolute atomic E-state index is 0.140. The predicted molar refractivity (Wildman–Crippen MR) is 67.1 cm³/mol. The summed E-state index contributed by atoms with van der Waals surface area (Å²) in [6.45, 7) is 1.06. The zero-order chi connectivity index (χ0) is 12.6. The van der Waals surface area contributed by atoms with Crippen molar-refractivity contribution in [2.45, 2.75) is 0 Å². The second-order valence-corrected chi connectivity index (χ2v) is 3.50. The first-order chi connectivity index (χ1) is 8.86. The molecule has 0 bridgehead atoms. The first-order valence-electron chi connectivity index (χ1n) is 5.55.